The third-order valence-electron chi connectivity index (χ3n) is 5.65. The minimum Gasteiger partial charge on any atom is -0.331 e. The van der Waals surface area contributed by atoms with Crippen molar-refractivity contribution in [2.24, 2.45) is 5.92 Å². The van der Waals surface area contributed by atoms with Crippen LogP contribution in [0.25, 0.3) is 0 Å². The topological polar surface area (TPSA) is 29.9 Å². The molecule has 2 heterocycles. The normalized spacial score (nSPS) is 24.4. The summed E-state index contributed by atoms with van der Waals surface area (Å²) in [6.45, 7) is 3.38. The second-order valence-electron chi connectivity index (χ2n) is 7.03. The monoisotopic (exact) mass is 273 g/mol. The molecule has 1 aromatic heterocycles. The molecule has 0 aromatic carbocycles. The van der Waals surface area contributed by atoms with Gasteiger partial charge in [0, 0.05) is 37.7 Å². The summed E-state index contributed by atoms with van der Waals surface area (Å²) in [7, 11) is 0. The first-order valence-corrected chi connectivity index (χ1v) is 8.70. The minimum absolute atomic E-state index is 0.745. The van der Waals surface area contributed by atoms with Crippen LogP contribution in [0.1, 0.15) is 74.5 Å². The molecule has 20 heavy (non-hydrogen) atoms. The Balaban J connectivity index is 1.65. The molecule has 1 N–H and O–H groups in total. The molecule has 2 fully saturated rings. The van der Waals surface area contributed by atoms with E-state index < -0.39 is 0 Å². The van der Waals surface area contributed by atoms with E-state index in [2.05, 4.69) is 9.88 Å². The van der Waals surface area contributed by atoms with Crippen molar-refractivity contribution in [3.05, 3.63) is 17.2 Å². The molecular weight excluding hydrogens is 246 g/mol. The molecule has 0 spiro atoms. The summed E-state index contributed by atoms with van der Waals surface area (Å²) >= 11 is 0. The van der Waals surface area contributed by atoms with Crippen LogP contribution >= 0.6 is 0 Å². The fourth-order valence-electron chi connectivity index (χ4n) is 4.20. The van der Waals surface area contributed by atoms with Gasteiger partial charge in [0.15, 0.2) is 0 Å². The average molecular weight is 273 g/mol. The van der Waals surface area contributed by atoms with Crippen molar-refractivity contribution >= 4 is 0 Å². The SMILES string of the molecule is C1CCC(c2nc3c(n2CC2CCC2)CCNC3)CC1. The van der Waals surface area contributed by atoms with Gasteiger partial charge in [-0.05, 0) is 31.6 Å². The number of aromatic nitrogens is 2. The second-order valence-corrected chi connectivity index (χ2v) is 7.03. The van der Waals surface area contributed by atoms with E-state index in [1.165, 1.54) is 75.9 Å². The molecule has 0 saturated heterocycles. The maximum Gasteiger partial charge on any atom is 0.112 e. The maximum absolute atomic E-state index is 5.09. The van der Waals surface area contributed by atoms with Crippen molar-refractivity contribution in [2.75, 3.05) is 6.54 Å². The van der Waals surface area contributed by atoms with Gasteiger partial charge in [0.05, 0.1) is 5.69 Å². The first-order chi connectivity index (χ1) is 9.92. The van der Waals surface area contributed by atoms with E-state index in [1.54, 1.807) is 5.69 Å². The molecule has 4 rings (SSSR count). The Kier molecular flexibility index (Phi) is 3.55. The fraction of sp³-hybridized carbons (Fsp3) is 0.824. The highest BCUT2D eigenvalue weighted by Gasteiger charge is 2.28. The highest BCUT2D eigenvalue weighted by atomic mass is 15.1. The van der Waals surface area contributed by atoms with Crippen LogP contribution in [0.4, 0.5) is 0 Å². The van der Waals surface area contributed by atoms with E-state index in [-0.39, 0.29) is 0 Å². The van der Waals surface area contributed by atoms with E-state index in [9.17, 15) is 0 Å². The highest BCUT2D eigenvalue weighted by molar-refractivity contribution is 5.22. The van der Waals surface area contributed by atoms with Gasteiger partial charge in [0.25, 0.3) is 0 Å². The third-order valence-corrected chi connectivity index (χ3v) is 5.65. The Labute approximate surface area is 122 Å². The van der Waals surface area contributed by atoms with Gasteiger partial charge < -0.3 is 9.88 Å². The minimum atomic E-state index is 0.745. The van der Waals surface area contributed by atoms with Crippen molar-refractivity contribution in [3.63, 3.8) is 0 Å². The van der Waals surface area contributed by atoms with E-state index in [4.69, 9.17) is 4.98 Å². The molecule has 0 bridgehead atoms. The Morgan fingerprint density at radius 2 is 1.90 bits per heavy atom. The van der Waals surface area contributed by atoms with Crippen LogP contribution in [0.3, 0.4) is 0 Å². The number of imidazole rings is 1. The van der Waals surface area contributed by atoms with Crippen molar-refractivity contribution in [1.29, 1.82) is 0 Å². The van der Waals surface area contributed by atoms with Crippen molar-refractivity contribution in [3.8, 4) is 0 Å². The standard InChI is InChI=1S/C17H27N3/c1-2-7-14(8-3-1)17-19-15-11-18-10-9-16(15)20(17)12-13-5-4-6-13/h13-14,18H,1-12H2. The second kappa shape index (κ2) is 5.51. The molecule has 2 saturated carbocycles. The van der Waals surface area contributed by atoms with E-state index in [0.717, 1.165) is 24.9 Å². The van der Waals surface area contributed by atoms with Crippen LogP contribution in [-0.4, -0.2) is 16.1 Å². The molecule has 110 valence electrons. The Morgan fingerprint density at radius 1 is 1.05 bits per heavy atom. The maximum atomic E-state index is 5.09. The largest absolute Gasteiger partial charge is 0.331 e. The summed E-state index contributed by atoms with van der Waals surface area (Å²) < 4.78 is 2.66. The predicted molar refractivity (Wildman–Crippen MR) is 80.8 cm³/mol. The molecule has 0 amide bonds. The van der Waals surface area contributed by atoms with Gasteiger partial charge in [0.2, 0.25) is 0 Å². The zero-order valence-corrected chi connectivity index (χ0v) is 12.5. The van der Waals surface area contributed by atoms with Crippen LogP contribution in [0.2, 0.25) is 0 Å². The Hall–Kier alpha value is -0.830. The first kappa shape index (κ1) is 12.9. The van der Waals surface area contributed by atoms with E-state index in [0.29, 0.717) is 0 Å². The number of rotatable bonds is 3. The molecule has 0 unspecified atom stereocenters. The molecule has 1 aromatic rings. The lowest BCUT2D eigenvalue weighted by Gasteiger charge is -2.30. The molecule has 3 heteroatoms. The Bertz CT molecular complexity index is 467. The molecule has 3 aliphatic rings. The summed E-state index contributed by atoms with van der Waals surface area (Å²) in [6.07, 6.45) is 12.5. The summed E-state index contributed by atoms with van der Waals surface area (Å²) in [6, 6.07) is 0. The summed E-state index contributed by atoms with van der Waals surface area (Å²) in [5.74, 6) is 3.13. The molecule has 0 radical (unpaired) electrons. The van der Waals surface area contributed by atoms with Crippen LogP contribution in [0.15, 0.2) is 0 Å². The zero-order valence-electron chi connectivity index (χ0n) is 12.5. The Morgan fingerprint density at radius 3 is 2.65 bits per heavy atom. The third kappa shape index (κ3) is 2.30. The number of hydrogen-bond acceptors (Lipinski definition) is 2. The summed E-state index contributed by atoms with van der Waals surface area (Å²) in [4.78, 5) is 5.09. The van der Waals surface area contributed by atoms with Gasteiger partial charge in [-0.25, -0.2) is 4.98 Å². The lowest BCUT2D eigenvalue weighted by Crippen LogP contribution is -2.27. The average Bonchev–Trinajstić information content (AvgIpc) is 2.82. The lowest BCUT2D eigenvalue weighted by atomic mass is 9.84. The number of nitrogens with zero attached hydrogens (tertiary/aromatic N) is 2. The lowest BCUT2D eigenvalue weighted by molar-refractivity contribution is 0.266. The summed E-state index contributed by atoms with van der Waals surface area (Å²) in [5, 5.41) is 3.49. The van der Waals surface area contributed by atoms with E-state index in [1.807, 2.05) is 0 Å². The smallest absolute Gasteiger partial charge is 0.112 e. The highest BCUT2D eigenvalue weighted by Crippen LogP contribution is 2.36. The van der Waals surface area contributed by atoms with Crippen LogP contribution in [0, 0.1) is 5.92 Å². The number of fused-ring (bicyclic) bond motifs is 1. The number of hydrogen-bond donors (Lipinski definition) is 1. The molecule has 0 atom stereocenters. The van der Waals surface area contributed by atoms with Crippen LogP contribution < -0.4 is 5.32 Å². The van der Waals surface area contributed by atoms with Gasteiger partial charge in [-0.2, -0.15) is 0 Å². The molecule has 3 nitrogen and oxygen atoms in total. The fourth-order valence-corrected chi connectivity index (χ4v) is 4.20. The van der Waals surface area contributed by atoms with Crippen molar-refractivity contribution < 1.29 is 0 Å². The first-order valence-electron chi connectivity index (χ1n) is 8.70. The predicted octanol–water partition coefficient (Wildman–Crippen LogP) is 3.38. The van der Waals surface area contributed by atoms with Crippen molar-refractivity contribution in [2.45, 2.75) is 76.8 Å². The molecule has 2 aliphatic carbocycles. The van der Waals surface area contributed by atoms with Gasteiger partial charge in [-0.1, -0.05) is 25.7 Å². The van der Waals surface area contributed by atoms with Gasteiger partial charge >= 0.3 is 0 Å². The van der Waals surface area contributed by atoms with Crippen LogP contribution in [-0.2, 0) is 19.5 Å². The zero-order chi connectivity index (χ0) is 13.4. The summed E-state index contributed by atoms with van der Waals surface area (Å²) in [5.41, 5.74) is 2.92. The van der Waals surface area contributed by atoms with E-state index >= 15 is 0 Å². The van der Waals surface area contributed by atoms with Gasteiger partial charge in [-0.3, -0.25) is 0 Å². The molecule has 1 aliphatic heterocycles. The quantitative estimate of drug-likeness (QED) is 0.915. The van der Waals surface area contributed by atoms with Gasteiger partial charge in [-0.15, -0.1) is 0 Å². The van der Waals surface area contributed by atoms with Crippen molar-refractivity contribution in [1.82, 2.24) is 14.9 Å². The molecular formula is C17H27N3. The van der Waals surface area contributed by atoms with Gasteiger partial charge in [0.1, 0.15) is 5.82 Å². The number of nitrogens with one attached hydrogen (secondary N) is 1. The van der Waals surface area contributed by atoms with Crippen LogP contribution in [0.5, 0.6) is 0 Å².